The minimum absolute atomic E-state index is 0.125. The van der Waals surface area contributed by atoms with Gasteiger partial charge in [0.2, 0.25) is 0 Å². The number of rotatable bonds is 5. The van der Waals surface area contributed by atoms with E-state index in [4.69, 9.17) is 20.4 Å². The minimum atomic E-state index is -1.16. The molecule has 0 saturated carbocycles. The maximum atomic E-state index is 10.1. The lowest BCUT2D eigenvalue weighted by atomic mass is 10.1. The fourth-order valence-corrected chi connectivity index (χ4v) is 0.460. The first-order valence-electron chi connectivity index (χ1n) is 3.78. The van der Waals surface area contributed by atoms with Crippen molar-refractivity contribution in [2.45, 2.75) is 6.42 Å². The van der Waals surface area contributed by atoms with Gasteiger partial charge in [0.1, 0.15) is 0 Å². The molecule has 0 aliphatic rings. The van der Waals surface area contributed by atoms with Crippen LogP contribution in [0, 0.1) is 5.92 Å². The van der Waals surface area contributed by atoms with Crippen molar-refractivity contribution < 1.29 is 30.0 Å². The number of aliphatic hydroxyl groups is 2. The van der Waals surface area contributed by atoms with Crippen LogP contribution in [0.25, 0.3) is 0 Å². The predicted molar refractivity (Wildman–Crippen MR) is 47.7 cm³/mol. The van der Waals surface area contributed by atoms with Crippen molar-refractivity contribution in [2.75, 3.05) is 13.2 Å². The van der Waals surface area contributed by atoms with E-state index in [1.807, 2.05) is 0 Å². The fourth-order valence-electron chi connectivity index (χ4n) is 0.460. The van der Waals surface area contributed by atoms with Crippen molar-refractivity contribution in [3.05, 3.63) is 12.7 Å². The molecule has 82 valence electrons. The van der Waals surface area contributed by atoms with E-state index < -0.39 is 24.3 Å². The van der Waals surface area contributed by atoms with E-state index in [1.54, 1.807) is 0 Å². The number of carbonyl (C=O) groups is 2. The largest absolute Gasteiger partial charge is 0.481 e. The summed E-state index contributed by atoms with van der Waals surface area (Å²) in [5.74, 6) is -3.26. The quantitative estimate of drug-likeness (QED) is 0.443. The minimum Gasteiger partial charge on any atom is -0.481 e. The normalized spacial score (nSPS) is 10.7. The predicted octanol–water partition coefficient (Wildman–Crippen LogP) is -0.681. The van der Waals surface area contributed by atoms with Gasteiger partial charge in [0.25, 0.3) is 0 Å². The van der Waals surface area contributed by atoms with Crippen LogP contribution in [0.2, 0.25) is 0 Å². The first-order valence-corrected chi connectivity index (χ1v) is 3.78. The Kier molecular flexibility index (Phi) is 10.4. The molecule has 0 heterocycles. The first-order chi connectivity index (χ1) is 6.49. The molecular formula is C8H14O6. The number of aliphatic carboxylic acids is 2. The molecule has 14 heavy (non-hydrogen) atoms. The molecule has 0 rings (SSSR count). The van der Waals surface area contributed by atoms with Crippen molar-refractivity contribution in [1.29, 1.82) is 0 Å². The molecule has 1 unspecified atom stereocenters. The maximum absolute atomic E-state index is 10.1. The Morgan fingerprint density at radius 1 is 1.21 bits per heavy atom. The Morgan fingerprint density at radius 2 is 1.64 bits per heavy atom. The Hall–Kier alpha value is -1.40. The average molecular weight is 206 g/mol. The van der Waals surface area contributed by atoms with Gasteiger partial charge in [-0.1, -0.05) is 6.08 Å². The number of carboxylic acid groups (broad SMARTS) is 2. The Balaban J connectivity index is 0. The molecule has 6 heteroatoms. The van der Waals surface area contributed by atoms with Crippen molar-refractivity contribution in [1.82, 2.24) is 0 Å². The molecule has 0 aliphatic carbocycles. The van der Waals surface area contributed by atoms with Gasteiger partial charge in [0, 0.05) is 0 Å². The van der Waals surface area contributed by atoms with Crippen LogP contribution >= 0.6 is 0 Å². The van der Waals surface area contributed by atoms with Crippen LogP contribution in [0.4, 0.5) is 0 Å². The lowest BCUT2D eigenvalue weighted by molar-refractivity contribution is -0.146. The second-order valence-corrected chi connectivity index (χ2v) is 2.23. The van der Waals surface area contributed by atoms with Gasteiger partial charge in [-0.15, -0.1) is 6.58 Å². The molecule has 0 saturated heterocycles. The number of carboxylic acids is 2. The summed E-state index contributed by atoms with van der Waals surface area (Å²) < 4.78 is 0. The zero-order valence-electron chi connectivity index (χ0n) is 7.59. The molecule has 0 fully saturated rings. The number of aliphatic hydroxyl groups excluding tert-OH is 2. The highest BCUT2D eigenvalue weighted by Gasteiger charge is 2.16. The molecule has 0 radical (unpaired) electrons. The lowest BCUT2D eigenvalue weighted by Gasteiger charge is -2.00. The molecule has 0 spiro atoms. The second kappa shape index (κ2) is 9.69. The molecule has 0 aliphatic heterocycles. The zero-order chi connectivity index (χ0) is 11.6. The highest BCUT2D eigenvalue weighted by molar-refractivity contribution is 5.79. The van der Waals surface area contributed by atoms with Crippen LogP contribution in [-0.2, 0) is 9.59 Å². The fraction of sp³-hybridized carbons (Fsp3) is 0.500. The van der Waals surface area contributed by atoms with Gasteiger partial charge in [-0.2, -0.15) is 0 Å². The molecule has 6 nitrogen and oxygen atoms in total. The van der Waals surface area contributed by atoms with Gasteiger partial charge < -0.3 is 20.4 Å². The summed E-state index contributed by atoms with van der Waals surface area (Å²) in [5, 5.41) is 31.7. The van der Waals surface area contributed by atoms with Crippen LogP contribution < -0.4 is 0 Å². The molecule has 0 amide bonds. The van der Waals surface area contributed by atoms with E-state index in [2.05, 4.69) is 6.58 Å². The van der Waals surface area contributed by atoms with E-state index in [1.165, 1.54) is 0 Å². The second-order valence-electron chi connectivity index (χ2n) is 2.23. The Labute approximate surface area is 81.1 Å². The smallest absolute Gasteiger partial charge is 0.310 e. The average Bonchev–Trinajstić information content (AvgIpc) is 2.14. The van der Waals surface area contributed by atoms with Gasteiger partial charge in [0.15, 0.2) is 0 Å². The van der Waals surface area contributed by atoms with Gasteiger partial charge >= 0.3 is 11.9 Å². The number of hydrogen-bond acceptors (Lipinski definition) is 4. The molecule has 0 aromatic rings. The van der Waals surface area contributed by atoms with E-state index in [-0.39, 0.29) is 13.2 Å². The third kappa shape index (κ3) is 10.6. The molecule has 0 aromatic carbocycles. The van der Waals surface area contributed by atoms with Gasteiger partial charge in [-0.05, 0) is 0 Å². The monoisotopic (exact) mass is 206 g/mol. The van der Waals surface area contributed by atoms with Gasteiger partial charge in [-0.3, -0.25) is 9.59 Å². The van der Waals surface area contributed by atoms with Crippen molar-refractivity contribution in [3.63, 3.8) is 0 Å². The van der Waals surface area contributed by atoms with Gasteiger partial charge in [-0.25, -0.2) is 0 Å². The summed E-state index contributed by atoms with van der Waals surface area (Å²) in [6.07, 6.45) is 0.704. The molecule has 0 aromatic heterocycles. The number of hydrogen-bond donors (Lipinski definition) is 4. The van der Waals surface area contributed by atoms with Crippen molar-refractivity contribution in [2.24, 2.45) is 5.92 Å². The summed E-state index contributed by atoms with van der Waals surface area (Å²) in [6, 6.07) is 0. The van der Waals surface area contributed by atoms with Crippen LogP contribution in [0.5, 0.6) is 0 Å². The highest BCUT2D eigenvalue weighted by Crippen LogP contribution is 2.03. The summed E-state index contributed by atoms with van der Waals surface area (Å²) in [6.45, 7) is 2.94. The Bertz CT molecular complexity index is 186. The summed E-state index contributed by atoms with van der Waals surface area (Å²) >= 11 is 0. The first kappa shape index (κ1) is 15.1. The third-order valence-electron chi connectivity index (χ3n) is 1.10. The van der Waals surface area contributed by atoms with Crippen molar-refractivity contribution >= 4 is 11.9 Å². The maximum Gasteiger partial charge on any atom is 0.310 e. The van der Waals surface area contributed by atoms with E-state index >= 15 is 0 Å². The lowest BCUT2D eigenvalue weighted by Crippen LogP contribution is -2.14. The van der Waals surface area contributed by atoms with Crippen LogP contribution in [0.15, 0.2) is 12.7 Å². The van der Waals surface area contributed by atoms with E-state index in [0.717, 1.165) is 6.08 Å². The molecular weight excluding hydrogens is 192 g/mol. The van der Waals surface area contributed by atoms with E-state index in [9.17, 15) is 9.59 Å². The standard InChI is InChI=1S/C6H8O4.C2H6O2/c1-2-4(6(9)10)3-5(7)8;3-1-2-4/h2,4H,1,3H2,(H,7,8)(H,9,10);3-4H,1-2H2. The Morgan fingerprint density at radius 3 is 1.71 bits per heavy atom. The zero-order valence-corrected chi connectivity index (χ0v) is 7.59. The molecule has 1 atom stereocenters. The van der Waals surface area contributed by atoms with Crippen LogP contribution in [0.1, 0.15) is 6.42 Å². The van der Waals surface area contributed by atoms with E-state index in [0.29, 0.717) is 0 Å². The van der Waals surface area contributed by atoms with Gasteiger partial charge in [0.05, 0.1) is 25.6 Å². The summed E-state index contributed by atoms with van der Waals surface area (Å²) in [7, 11) is 0. The molecule has 0 bridgehead atoms. The highest BCUT2D eigenvalue weighted by atomic mass is 16.4. The van der Waals surface area contributed by atoms with Crippen LogP contribution in [-0.4, -0.2) is 45.6 Å². The summed E-state index contributed by atoms with van der Waals surface area (Å²) in [5.41, 5.74) is 0. The molecule has 4 N–H and O–H groups in total. The summed E-state index contributed by atoms with van der Waals surface area (Å²) in [4.78, 5) is 20.1. The van der Waals surface area contributed by atoms with Crippen LogP contribution in [0.3, 0.4) is 0 Å². The SMILES string of the molecule is C=CC(CC(=O)O)C(=O)O.OCCO. The third-order valence-corrected chi connectivity index (χ3v) is 1.10. The topological polar surface area (TPSA) is 115 Å². The van der Waals surface area contributed by atoms with Crippen molar-refractivity contribution in [3.8, 4) is 0 Å².